The van der Waals surface area contributed by atoms with Gasteiger partial charge in [0.2, 0.25) is 0 Å². The molecule has 0 saturated heterocycles. The number of aromatic nitrogens is 1. The number of amides is 3. The van der Waals surface area contributed by atoms with E-state index in [9.17, 15) is 23.4 Å². The summed E-state index contributed by atoms with van der Waals surface area (Å²) in [5, 5.41) is 5.09. The number of nitrogens with one attached hydrogen (secondary N) is 2. The first kappa shape index (κ1) is 27.2. The molecule has 0 aliphatic rings. The molecule has 2 aromatic rings. The lowest BCUT2D eigenvalue weighted by Gasteiger charge is -2.08. The number of benzene rings is 1. The van der Waals surface area contributed by atoms with Crippen molar-refractivity contribution in [1.29, 1.82) is 0 Å². The highest BCUT2D eigenvalue weighted by atomic mass is 32.2. The van der Waals surface area contributed by atoms with Crippen LogP contribution in [0.2, 0.25) is 0 Å². The summed E-state index contributed by atoms with van der Waals surface area (Å²) < 4.78 is 17.0. The van der Waals surface area contributed by atoms with Crippen molar-refractivity contribution in [3.05, 3.63) is 53.2 Å². The molecule has 0 aliphatic carbocycles. The zero-order valence-electron chi connectivity index (χ0n) is 19.7. The first-order valence-electron chi connectivity index (χ1n) is 10.6. The highest BCUT2D eigenvalue weighted by Gasteiger charge is 2.17. The first-order chi connectivity index (χ1) is 16.5. The van der Waals surface area contributed by atoms with Crippen molar-refractivity contribution in [2.45, 2.75) is 26.7 Å². The van der Waals surface area contributed by atoms with Crippen molar-refractivity contribution in [3.63, 3.8) is 0 Å². The molecule has 0 spiro atoms. The Labute approximate surface area is 204 Å². The molecular weight excluding hydrogens is 470 g/mol. The number of nitrogens with two attached hydrogens (primary N) is 1. The van der Waals surface area contributed by atoms with Gasteiger partial charge in [-0.05, 0) is 38.1 Å². The number of anilines is 2. The van der Waals surface area contributed by atoms with E-state index in [1.54, 1.807) is 24.3 Å². The van der Waals surface area contributed by atoms with Gasteiger partial charge in [0, 0.05) is 48.8 Å². The Morgan fingerprint density at radius 2 is 1.71 bits per heavy atom. The van der Waals surface area contributed by atoms with E-state index in [-0.39, 0.29) is 58.9 Å². The van der Waals surface area contributed by atoms with Gasteiger partial charge < -0.3 is 16.4 Å². The highest BCUT2D eigenvalue weighted by Crippen LogP contribution is 2.14. The number of carbonyl (C=O) groups is 4. The Bertz CT molecular complexity index is 1310. The summed E-state index contributed by atoms with van der Waals surface area (Å²) in [6.45, 7) is 2.71. The maximum Gasteiger partial charge on any atom is 0.318 e. The van der Waals surface area contributed by atoms with Crippen LogP contribution in [0.25, 0.3) is 0 Å². The number of nitrogens with zero attached hydrogens (tertiary/aromatic N) is 2. The third-order valence-electron chi connectivity index (χ3n) is 4.65. The molecule has 0 aliphatic heterocycles. The molecule has 0 atom stereocenters. The largest absolute Gasteiger partial charge is 0.383 e. The van der Waals surface area contributed by atoms with Crippen molar-refractivity contribution in [3.8, 4) is 11.8 Å². The number of rotatable bonds is 8. The second-order valence-corrected chi connectivity index (χ2v) is 10.2. The standard InChI is InChI=1S/C24H27N5O5S/c1-16(30)9-11-35(34,12-10-17(2)31)29-23(32)20-14-19(22(25)27-15-20)8-7-18-5-4-6-21(13-18)28-24(33)26-3/h4-6,13-15H,9-12H2,1-3H3,(H2,25,27)(H2,26,28,33). The van der Waals surface area contributed by atoms with Crippen molar-refractivity contribution < 1.29 is 23.4 Å². The van der Waals surface area contributed by atoms with E-state index in [1.807, 2.05) is 0 Å². The smallest absolute Gasteiger partial charge is 0.318 e. The SMILES string of the molecule is CNC(=O)Nc1cccc(C#Cc2cc(C(=O)N=S(=O)(CCC(C)=O)CCC(C)=O)cnc2N)c1. The predicted octanol–water partition coefficient (Wildman–Crippen LogP) is 2.38. The number of Topliss-reactive ketones (excluding diaryl/α,β-unsaturated/α-hetero) is 2. The van der Waals surface area contributed by atoms with Gasteiger partial charge in [-0.15, -0.1) is 0 Å². The molecule has 2 rings (SSSR count). The second-order valence-electron chi connectivity index (χ2n) is 7.67. The number of pyridine rings is 1. The van der Waals surface area contributed by atoms with Crippen LogP contribution in [0.15, 0.2) is 40.9 Å². The summed E-state index contributed by atoms with van der Waals surface area (Å²) in [6.07, 6.45) is 1.17. The number of hydrogen-bond donors (Lipinski definition) is 3. The van der Waals surface area contributed by atoms with Crippen LogP contribution in [0.3, 0.4) is 0 Å². The average molecular weight is 498 g/mol. The van der Waals surface area contributed by atoms with E-state index < -0.39 is 15.6 Å². The summed E-state index contributed by atoms with van der Waals surface area (Å²) in [7, 11) is -1.62. The number of carbonyl (C=O) groups excluding carboxylic acids is 4. The summed E-state index contributed by atoms with van der Waals surface area (Å²) in [5.74, 6) is 4.42. The van der Waals surface area contributed by atoms with Crippen molar-refractivity contribution in [2.24, 2.45) is 4.36 Å². The maximum atomic E-state index is 13.2. The monoisotopic (exact) mass is 497 g/mol. The van der Waals surface area contributed by atoms with Crippen LogP contribution in [0.1, 0.15) is 48.2 Å². The van der Waals surface area contributed by atoms with Crippen molar-refractivity contribution in [2.75, 3.05) is 29.6 Å². The quantitative estimate of drug-likeness (QED) is 0.472. The lowest BCUT2D eigenvalue weighted by Crippen LogP contribution is -2.24. The fourth-order valence-electron chi connectivity index (χ4n) is 2.70. The zero-order chi connectivity index (χ0) is 26.0. The summed E-state index contributed by atoms with van der Waals surface area (Å²) in [4.78, 5) is 51.0. The van der Waals surface area contributed by atoms with Gasteiger partial charge >= 0.3 is 6.03 Å². The maximum absolute atomic E-state index is 13.2. The molecule has 10 nitrogen and oxygen atoms in total. The third kappa shape index (κ3) is 9.02. The average Bonchev–Trinajstić information content (AvgIpc) is 2.81. The summed E-state index contributed by atoms with van der Waals surface area (Å²) in [6, 6.07) is 7.83. The number of urea groups is 1. The molecule has 0 radical (unpaired) electrons. The van der Waals surface area contributed by atoms with Crippen molar-refractivity contribution >= 4 is 44.7 Å². The minimum atomic E-state index is -3.12. The van der Waals surface area contributed by atoms with Gasteiger partial charge in [0.1, 0.15) is 17.4 Å². The Morgan fingerprint density at radius 1 is 1.06 bits per heavy atom. The van der Waals surface area contributed by atoms with Crippen LogP contribution >= 0.6 is 0 Å². The predicted molar refractivity (Wildman–Crippen MR) is 134 cm³/mol. The van der Waals surface area contributed by atoms with Crippen LogP contribution in [-0.2, 0) is 19.3 Å². The van der Waals surface area contributed by atoms with Gasteiger partial charge in [-0.1, -0.05) is 17.9 Å². The molecule has 35 heavy (non-hydrogen) atoms. The molecule has 1 aromatic carbocycles. The topological polar surface area (TPSA) is 161 Å². The van der Waals surface area contributed by atoms with E-state index in [0.717, 1.165) is 0 Å². The molecule has 3 amide bonds. The minimum Gasteiger partial charge on any atom is -0.383 e. The van der Waals surface area contributed by atoms with Crippen LogP contribution in [0.4, 0.5) is 16.3 Å². The molecule has 0 bridgehead atoms. The second kappa shape index (κ2) is 12.4. The molecule has 1 heterocycles. The number of hydrogen-bond acceptors (Lipinski definition) is 7. The molecule has 1 aromatic heterocycles. The Morgan fingerprint density at radius 3 is 2.31 bits per heavy atom. The summed E-state index contributed by atoms with van der Waals surface area (Å²) >= 11 is 0. The molecular formula is C24H27N5O5S. The molecule has 4 N–H and O–H groups in total. The molecule has 0 fully saturated rings. The Balaban J connectivity index is 2.34. The first-order valence-corrected chi connectivity index (χ1v) is 12.5. The lowest BCUT2D eigenvalue weighted by molar-refractivity contribution is -0.117. The van der Waals surface area contributed by atoms with Gasteiger partial charge in [-0.2, -0.15) is 4.36 Å². The summed E-state index contributed by atoms with van der Waals surface area (Å²) in [5.41, 5.74) is 7.31. The van der Waals surface area contributed by atoms with Crippen LogP contribution < -0.4 is 16.4 Å². The van der Waals surface area contributed by atoms with Crippen molar-refractivity contribution in [1.82, 2.24) is 10.3 Å². The molecule has 11 heteroatoms. The van der Waals surface area contributed by atoms with Gasteiger partial charge in [-0.3, -0.25) is 14.4 Å². The van der Waals surface area contributed by atoms with Gasteiger partial charge in [0.05, 0.1) is 20.9 Å². The normalized spacial score (nSPS) is 10.5. The Hall–Kier alpha value is -4.04. The van der Waals surface area contributed by atoms with Gasteiger partial charge in [0.25, 0.3) is 5.91 Å². The number of ketones is 2. The van der Waals surface area contributed by atoms with E-state index in [0.29, 0.717) is 11.3 Å². The van der Waals surface area contributed by atoms with Gasteiger partial charge in [-0.25, -0.2) is 14.0 Å². The Kier molecular flexibility index (Phi) is 9.66. The van der Waals surface area contributed by atoms with Crippen LogP contribution in [0.5, 0.6) is 0 Å². The van der Waals surface area contributed by atoms with E-state index >= 15 is 0 Å². The lowest BCUT2D eigenvalue weighted by atomic mass is 10.1. The van der Waals surface area contributed by atoms with Crippen LogP contribution in [-0.4, -0.2) is 51.3 Å². The van der Waals surface area contributed by atoms with E-state index in [1.165, 1.54) is 33.2 Å². The fourth-order valence-corrected chi connectivity index (χ4v) is 4.71. The molecule has 0 unspecified atom stereocenters. The fraction of sp³-hybridized carbons (Fsp3) is 0.292. The number of nitrogen functional groups attached to an aromatic ring is 1. The minimum absolute atomic E-state index is 0.0158. The van der Waals surface area contributed by atoms with E-state index in [4.69, 9.17) is 5.73 Å². The highest BCUT2D eigenvalue weighted by molar-refractivity contribution is 7.93. The van der Waals surface area contributed by atoms with Crippen LogP contribution in [0, 0.1) is 11.8 Å². The third-order valence-corrected chi connectivity index (χ3v) is 6.83. The van der Waals surface area contributed by atoms with E-state index in [2.05, 4.69) is 31.8 Å². The molecule has 0 saturated carbocycles. The van der Waals surface area contributed by atoms with Gasteiger partial charge in [0.15, 0.2) is 0 Å². The molecule has 184 valence electrons. The zero-order valence-corrected chi connectivity index (χ0v) is 20.5.